The van der Waals surface area contributed by atoms with E-state index in [1.54, 1.807) is 12.4 Å². The molecule has 6 aromatic carbocycles. The fraction of sp³-hybridized carbons (Fsp3) is 0. The summed E-state index contributed by atoms with van der Waals surface area (Å²) in [5.74, 6) is 0. The summed E-state index contributed by atoms with van der Waals surface area (Å²) in [6, 6.07) is 45.4. The van der Waals surface area contributed by atoms with Crippen molar-refractivity contribution in [3.63, 3.8) is 0 Å². The van der Waals surface area contributed by atoms with Crippen LogP contribution in [0.15, 0.2) is 134 Å². The highest BCUT2D eigenvalue weighted by Gasteiger charge is 2.17. The van der Waals surface area contributed by atoms with Crippen molar-refractivity contribution in [3.8, 4) is 39.4 Å². The molecule has 2 nitrogen and oxygen atoms in total. The van der Waals surface area contributed by atoms with Gasteiger partial charge in [-0.25, -0.2) is 0 Å². The van der Waals surface area contributed by atoms with Crippen LogP contribution in [-0.4, -0.2) is 4.98 Å². The van der Waals surface area contributed by atoms with Gasteiger partial charge in [0.25, 0.3) is 0 Å². The van der Waals surface area contributed by atoms with Gasteiger partial charge in [-0.05, 0) is 78.3 Å². The highest BCUT2D eigenvalue weighted by atomic mass is 14.6. The molecule has 7 rings (SSSR count). The first kappa shape index (κ1) is 22.0. The summed E-state index contributed by atoms with van der Waals surface area (Å²) in [6.07, 6.45) is 3.40. The van der Waals surface area contributed by atoms with Gasteiger partial charge in [-0.3, -0.25) is 4.98 Å². The molecule has 0 aliphatic heterocycles. The number of hydrogen-bond acceptors (Lipinski definition) is 2. The van der Waals surface area contributed by atoms with E-state index in [4.69, 9.17) is 0 Å². The summed E-state index contributed by atoms with van der Waals surface area (Å²) >= 11 is 0. The molecule has 0 amide bonds. The van der Waals surface area contributed by atoms with Crippen LogP contribution in [-0.2, 0) is 0 Å². The third-order valence-corrected chi connectivity index (χ3v) is 7.33. The van der Waals surface area contributed by atoms with Gasteiger partial charge in [0.2, 0.25) is 0 Å². The van der Waals surface area contributed by atoms with Crippen molar-refractivity contribution in [1.29, 1.82) is 5.26 Å². The second-order valence-corrected chi connectivity index (χ2v) is 9.56. The number of hydrogen-bond donors (Lipinski definition) is 0. The van der Waals surface area contributed by atoms with E-state index in [0.29, 0.717) is 5.56 Å². The predicted octanol–water partition coefficient (Wildman–Crippen LogP) is 9.41. The Morgan fingerprint density at radius 3 is 1.58 bits per heavy atom. The number of aromatic nitrogens is 1. The maximum Gasteiger partial charge on any atom is 0.101 e. The molecule has 0 bridgehead atoms. The summed E-state index contributed by atoms with van der Waals surface area (Å²) in [5, 5.41) is 16.7. The lowest BCUT2D eigenvalue weighted by atomic mass is 9.84. The molecule has 1 aromatic heterocycles. The van der Waals surface area contributed by atoms with Crippen molar-refractivity contribution in [3.05, 3.63) is 139 Å². The maximum absolute atomic E-state index is 9.29. The van der Waals surface area contributed by atoms with Crippen molar-refractivity contribution < 1.29 is 0 Å². The molecule has 7 aromatic rings. The van der Waals surface area contributed by atoms with Crippen molar-refractivity contribution in [2.24, 2.45) is 0 Å². The van der Waals surface area contributed by atoms with Gasteiger partial charge in [0.05, 0.1) is 5.56 Å². The molecule has 0 aliphatic carbocycles. The van der Waals surface area contributed by atoms with Crippen LogP contribution in [0.2, 0.25) is 0 Å². The van der Waals surface area contributed by atoms with Crippen molar-refractivity contribution in [2.75, 3.05) is 0 Å². The molecule has 0 radical (unpaired) electrons. The number of nitriles is 1. The van der Waals surface area contributed by atoms with Gasteiger partial charge in [-0.15, -0.1) is 0 Å². The molecule has 0 aliphatic rings. The zero-order chi connectivity index (χ0) is 25.5. The fourth-order valence-electron chi connectivity index (χ4n) is 5.58. The fourth-order valence-corrected chi connectivity index (χ4v) is 5.58. The lowest BCUT2D eigenvalue weighted by molar-refractivity contribution is 1.30. The van der Waals surface area contributed by atoms with Crippen LogP contribution in [0.1, 0.15) is 5.56 Å². The van der Waals surface area contributed by atoms with E-state index < -0.39 is 0 Å². The van der Waals surface area contributed by atoms with Crippen LogP contribution >= 0.6 is 0 Å². The molecule has 38 heavy (non-hydrogen) atoms. The van der Waals surface area contributed by atoms with Crippen LogP contribution in [0, 0.1) is 11.3 Å². The van der Waals surface area contributed by atoms with E-state index in [1.807, 2.05) is 6.07 Å². The summed E-state index contributed by atoms with van der Waals surface area (Å²) in [5.41, 5.74) is 7.42. The number of rotatable bonds is 3. The Balaban J connectivity index is 1.55. The van der Waals surface area contributed by atoms with Gasteiger partial charge in [0.1, 0.15) is 6.07 Å². The van der Waals surface area contributed by atoms with Gasteiger partial charge in [0.15, 0.2) is 0 Å². The first-order chi connectivity index (χ1) is 18.8. The lowest BCUT2D eigenvalue weighted by Gasteiger charge is -2.19. The SMILES string of the molecule is N#Cc1cncc(-c2ccc(-c3c4ccccc4c(-c4ccccc4)c4cc5ccccc5cc34)cc2)c1. The smallest absolute Gasteiger partial charge is 0.101 e. The van der Waals surface area contributed by atoms with Crippen LogP contribution in [0.3, 0.4) is 0 Å². The van der Waals surface area contributed by atoms with Crippen LogP contribution < -0.4 is 0 Å². The molecule has 0 saturated carbocycles. The third-order valence-electron chi connectivity index (χ3n) is 7.33. The minimum atomic E-state index is 0.562. The predicted molar refractivity (Wildman–Crippen MR) is 158 cm³/mol. The van der Waals surface area contributed by atoms with Crippen LogP contribution in [0.5, 0.6) is 0 Å². The number of nitrogens with zero attached hydrogens (tertiary/aromatic N) is 2. The van der Waals surface area contributed by atoms with E-state index in [9.17, 15) is 5.26 Å². The molecule has 0 spiro atoms. The van der Waals surface area contributed by atoms with Crippen molar-refractivity contribution in [2.45, 2.75) is 0 Å². The molecule has 2 heteroatoms. The Hall–Kier alpha value is -5.26. The Kier molecular flexibility index (Phi) is 5.20. The molecular formula is C36H22N2. The highest BCUT2D eigenvalue weighted by Crippen LogP contribution is 2.45. The Labute approximate surface area is 221 Å². The zero-order valence-electron chi connectivity index (χ0n) is 20.6. The lowest BCUT2D eigenvalue weighted by Crippen LogP contribution is -1.91. The summed E-state index contributed by atoms with van der Waals surface area (Å²) in [7, 11) is 0. The molecule has 1 heterocycles. The van der Waals surface area contributed by atoms with Gasteiger partial charge in [-0.1, -0.05) is 103 Å². The minimum Gasteiger partial charge on any atom is -0.263 e. The first-order valence-corrected chi connectivity index (χ1v) is 12.7. The maximum atomic E-state index is 9.29. The second kappa shape index (κ2) is 9.00. The van der Waals surface area contributed by atoms with Gasteiger partial charge in [0, 0.05) is 18.0 Å². The van der Waals surface area contributed by atoms with Gasteiger partial charge >= 0.3 is 0 Å². The summed E-state index contributed by atoms with van der Waals surface area (Å²) in [6.45, 7) is 0. The molecular weight excluding hydrogens is 460 g/mol. The first-order valence-electron chi connectivity index (χ1n) is 12.7. The molecule has 0 fully saturated rings. The second-order valence-electron chi connectivity index (χ2n) is 9.56. The molecule has 0 atom stereocenters. The van der Waals surface area contributed by atoms with Crippen LogP contribution in [0.4, 0.5) is 0 Å². The van der Waals surface area contributed by atoms with E-state index in [1.165, 1.54) is 49.0 Å². The minimum absolute atomic E-state index is 0.562. The molecule has 0 N–H and O–H groups in total. The van der Waals surface area contributed by atoms with Gasteiger partial charge < -0.3 is 0 Å². The Bertz CT molecular complexity index is 2010. The van der Waals surface area contributed by atoms with Gasteiger partial charge in [-0.2, -0.15) is 5.26 Å². The quantitative estimate of drug-likeness (QED) is 0.235. The van der Waals surface area contributed by atoms with Crippen molar-refractivity contribution in [1.82, 2.24) is 4.98 Å². The molecule has 0 saturated heterocycles. The van der Waals surface area contributed by atoms with E-state index in [2.05, 4.69) is 126 Å². The standard InChI is InChI=1S/C36H22N2/c37-21-24-18-30(23-38-22-24)25-14-16-27(17-15-25)36-32-13-7-6-12-31(32)35(26-8-2-1-3-9-26)33-19-28-10-4-5-11-29(28)20-34(33)36/h1-20,22-23H. The highest BCUT2D eigenvalue weighted by molar-refractivity contribution is 6.23. The van der Waals surface area contributed by atoms with Crippen molar-refractivity contribution >= 4 is 32.3 Å². The van der Waals surface area contributed by atoms with E-state index in [0.717, 1.165) is 16.7 Å². The monoisotopic (exact) mass is 482 g/mol. The number of fused-ring (bicyclic) bond motifs is 3. The average Bonchev–Trinajstić information content (AvgIpc) is 2.99. The zero-order valence-corrected chi connectivity index (χ0v) is 20.6. The normalized spacial score (nSPS) is 11.1. The molecule has 176 valence electrons. The topological polar surface area (TPSA) is 36.7 Å². The van der Waals surface area contributed by atoms with E-state index >= 15 is 0 Å². The Morgan fingerprint density at radius 2 is 0.974 bits per heavy atom. The number of benzene rings is 6. The summed E-state index contributed by atoms with van der Waals surface area (Å²) < 4.78 is 0. The third kappa shape index (κ3) is 3.61. The van der Waals surface area contributed by atoms with E-state index in [-0.39, 0.29) is 0 Å². The molecule has 0 unspecified atom stereocenters. The van der Waals surface area contributed by atoms with Crippen LogP contribution in [0.25, 0.3) is 65.7 Å². The average molecular weight is 483 g/mol. The largest absolute Gasteiger partial charge is 0.263 e. The summed E-state index contributed by atoms with van der Waals surface area (Å²) in [4.78, 5) is 4.24. The number of pyridine rings is 1. The Morgan fingerprint density at radius 1 is 0.447 bits per heavy atom.